The summed E-state index contributed by atoms with van der Waals surface area (Å²) in [4.78, 5) is 30.0. The molecule has 1 saturated heterocycles. The van der Waals surface area contributed by atoms with Crippen molar-refractivity contribution in [1.82, 2.24) is 4.90 Å². The number of urea groups is 1. The summed E-state index contributed by atoms with van der Waals surface area (Å²) >= 11 is 1.51. The van der Waals surface area contributed by atoms with E-state index in [-0.39, 0.29) is 11.9 Å². The molecule has 3 amide bonds. The molecule has 34 heavy (non-hydrogen) atoms. The monoisotopic (exact) mass is 473 g/mol. The van der Waals surface area contributed by atoms with Crippen molar-refractivity contribution in [3.05, 3.63) is 89.0 Å². The minimum absolute atomic E-state index is 0.0967. The summed E-state index contributed by atoms with van der Waals surface area (Å²) in [6.07, 6.45) is 0. The van der Waals surface area contributed by atoms with Gasteiger partial charge in [-0.2, -0.15) is 0 Å². The van der Waals surface area contributed by atoms with Crippen molar-refractivity contribution in [3.8, 4) is 5.75 Å². The summed E-state index contributed by atoms with van der Waals surface area (Å²) in [5.74, 6) is 1.23. The molecule has 0 bridgehead atoms. The molecule has 1 fully saturated rings. The van der Waals surface area contributed by atoms with Gasteiger partial charge in [0.1, 0.15) is 5.75 Å². The number of hydrogen-bond acceptors (Lipinski definition) is 4. The van der Waals surface area contributed by atoms with Gasteiger partial charge in [0.25, 0.3) is 5.91 Å². The van der Waals surface area contributed by atoms with Gasteiger partial charge >= 0.3 is 6.03 Å². The largest absolute Gasteiger partial charge is 0.497 e. The first kappa shape index (κ1) is 22.3. The molecule has 174 valence electrons. The number of nitrogens with zero attached hydrogens (tertiary/aromatic N) is 2. The minimum Gasteiger partial charge on any atom is -0.497 e. The zero-order chi connectivity index (χ0) is 23.9. The van der Waals surface area contributed by atoms with E-state index >= 15 is 0 Å². The number of nitrogens with one attached hydrogen (secondary N) is 1. The van der Waals surface area contributed by atoms with Gasteiger partial charge in [-0.05, 0) is 55.3 Å². The quantitative estimate of drug-likeness (QED) is 0.559. The maximum Gasteiger partial charge on any atom is 0.323 e. The first-order chi connectivity index (χ1) is 16.4. The lowest BCUT2D eigenvalue weighted by Crippen LogP contribution is -2.51. The number of aryl methyl sites for hydroxylation is 2. The second-order valence-corrected chi connectivity index (χ2v) is 9.93. The van der Waals surface area contributed by atoms with Gasteiger partial charge in [0.05, 0.1) is 19.3 Å². The number of anilines is 2. The lowest BCUT2D eigenvalue weighted by molar-refractivity contribution is -0.123. The Morgan fingerprint density at radius 1 is 1.09 bits per heavy atom. The molecular weight excluding hydrogens is 446 g/mol. The molecular formula is C27H27N3O3S. The zero-order valence-electron chi connectivity index (χ0n) is 19.5. The molecule has 2 heterocycles. The van der Waals surface area contributed by atoms with Crippen molar-refractivity contribution in [2.75, 3.05) is 29.6 Å². The van der Waals surface area contributed by atoms with Crippen LogP contribution in [0, 0.1) is 13.8 Å². The molecule has 6 nitrogen and oxygen atoms in total. The third-order valence-corrected chi connectivity index (χ3v) is 7.96. The van der Waals surface area contributed by atoms with Crippen LogP contribution in [0.2, 0.25) is 0 Å². The Hall–Kier alpha value is -3.45. The van der Waals surface area contributed by atoms with Crippen LogP contribution in [-0.2, 0) is 16.2 Å². The summed E-state index contributed by atoms with van der Waals surface area (Å²) in [6.45, 7) is 4.97. The highest BCUT2D eigenvalue weighted by molar-refractivity contribution is 8.01. The van der Waals surface area contributed by atoms with Gasteiger partial charge < -0.3 is 15.0 Å². The van der Waals surface area contributed by atoms with Crippen molar-refractivity contribution in [3.63, 3.8) is 0 Å². The number of amides is 3. The topological polar surface area (TPSA) is 61.9 Å². The standard InChI is InChI=1S/C27H27N3O3S/c1-18-8-10-21(11-9-18)28-26(32)30-14-15-34-27(30)23-16-22(33-3)12-13-24(23)29(25(27)31)17-20-7-5-4-6-19(20)2/h4-13,16H,14-15,17H2,1-3H3,(H,28,32)/t27-/m1/s1. The first-order valence-electron chi connectivity index (χ1n) is 11.3. The van der Waals surface area contributed by atoms with Gasteiger partial charge in [0, 0.05) is 23.5 Å². The molecule has 5 rings (SSSR count). The van der Waals surface area contributed by atoms with Crippen molar-refractivity contribution < 1.29 is 14.3 Å². The van der Waals surface area contributed by atoms with Gasteiger partial charge in [-0.15, -0.1) is 11.8 Å². The van der Waals surface area contributed by atoms with Crippen molar-refractivity contribution in [2.24, 2.45) is 0 Å². The summed E-state index contributed by atoms with van der Waals surface area (Å²) in [5, 5.41) is 2.99. The van der Waals surface area contributed by atoms with Crippen molar-refractivity contribution >= 4 is 35.1 Å². The number of ether oxygens (including phenoxy) is 1. The third-order valence-electron chi connectivity index (χ3n) is 6.54. The minimum atomic E-state index is -1.12. The number of thioether (sulfide) groups is 1. The lowest BCUT2D eigenvalue weighted by atomic mass is 10.1. The Balaban J connectivity index is 1.55. The Morgan fingerprint density at radius 2 is 1.85 bits per heavy atom. The maximum absolute atomic E-state index is 14.2. The predicted molar refractivity (Wildman–Crippen MR) is 136 cm³/mol. The fourth-order valence-electron chi connectivity index (χ4n) is 4.66. The van der Waals surface area contributed by atoms with Gasteiger partial charge in [-0.3, -0.25) is 9.69 Å². The van der Waals surface area contributed by atoms with E-state index < -0.39 is 4.87 Å². The zero-order valence-corrected chi connectivity index (χ0v) is 20.3. The highest BCUT2D eigenvalue weighted by Crippen LogP contribution is 2.55. The number of carbonyl (C=O) groups is 2. The van der Waals surface area contributed by atoms with E-state index in [0.717, 1.165) is 27.9 Å². The lowest BCUT2D eigenvalue weighted by Gasteiger charge is -2.33. The Labute approximate surface area is 203 Å². The fraction of sp³-hybridized carbons (Fsp3) is 0.259. The van der Waals surface area contributed by atoms with Gasteiger partial charge in [0.2, 0.25) is 0 Å². The van der Waals surface area contributed by atoms with Crippen LogP contribution in [0.1, 0.15) is 22.3 Å². The molecule has 1 N–H and O–H groups in total. The molecule has 3 aromatic carbocycles. The van der Waals surface area contributed by atoms with E-state index in [2.05, 4.69) is 5.32 Å². The van der Waals surface area contributed by atoms with E-state index in [1.165, 1.54) is 11.8 Å². The first-order valence-corrected chi connectivity index (χ1v) is 12.3. The second kappa shape index (κ2) is 8.72. The van der Waals surface area contributed by atoms with Crippen LogP contribution in [0.4, 0.5) is 16.2 Å². The average molecular weight is 474 g/mol. The van der Waals surface area contributed by atoms with Gasteiger partial charge in [-0.25, -0.2) is 4.79 Å². The summed E-state index contributed by atoms with van der Waals surface area (Å²) in [6, 6.07) is 21.1. The van der Waals surface area contributed by atoms with Crippen LogP contribution in [0.5, 0.6) is 5.75 Å². The van der Waals surface area contributed by atoms with E-state index in [1.807, 2.05) is 85.5 Å². The Morgan fingerprint density at radius 3 is 2.59 bits per heavy atom. The highest BCUT2D eigenvalue weighted by Gasteiger charge is 2.59. The second-order valence-electron chi connectivity index (χ2n) is 8.64. The molecule has 0 saturated carbocycles. The number of hydrogen-bond donors (Lipinski definition) is 1. The van der Waals surface area contributed by atoms with Crippen LogP contribution < -0.4 is 15.0 Å². The smallest absolute Gasteiger partial charge is 0.323 e. The van der Waals surface area contributed by atoms with E-state index in [4.69, 9.17) is 4.74 Å². The van der Waals surface area contributed by atoms with Crippen LogP contribution in [0.25, 0.3) is 0 Å². The van der Waals surface area contributed by atoms with Crippen molar-refractivity contribution in [1.29, 1.82) is 0 Å². The normalized spacial score (nSPS) is 19.0. The van der Waals surface area contributed by atoms with Crippen molar-refractivity contribution in [2.45, 2.75) is 25.3 Å². The summed E-state index contributed by atoms with van der Waals surface area (Å²) in [7, 11) is 1.61. The number of rotatable bonds is 4. The molecule has 0 aliphatic carbocycles. The number of benzene rings is 3. The van der Waals surface area contributed by atoms with Crippen LogP contribution >= 0.6 is 11.8 Å². The van der Waals surface area contributed by atoms with Gasteiger partial charge in [-0.1, -0.05) is 42.0 Å². The number of fused-ring (bicyclic) bond motifs is 2. The molecule has 3 aromatic rings. The summed E-state index contributed by atoms with van der Waals surface area (Å²) in [5.41, 5.74) is 5.64. The fourth-order valence-corrected chi connectivity index (χ4v) is 6.12. The van der Waals surface area contributed by atoms with E-state index in [0.29, 0.717) is 30.3 Å². The molecule has 0 unspecified atom stereocenters. The molecule has 7 heteroatoms. The molecule has 1 atom stereocenters. The van der Waals surface area contributed by atoms with Crippen LogP contribution in [-0.4, -0.2) is 36.2 Å². The highest BCUT2D eigenvalue weighted by atomic mass is 32.2. The van der Waals surface area contributed by atoms with Gasteiger partial charge in [0.15, 0.2) is 4.87 Å². The number of methoxy groups -OCH3 is 1. The average Bonchev–Trinajstić information content (AvgIpc) is 3.39. The van der Waals surface area contributed by atoms with E-state index in [1.54, 1.807) is 12.0 Å². The Kier molecular flexibility index (Phi) is 5.73. The molecule has 0 radical (unpaired) electrons. The molecule has 2 aliphatic rings. The molecule has 2 aliphatic heterocycles. The van der Waals surface area contributed by atoms with Crippen LogP contribution in [0.3, 0.4) is 0 Å². The van der Waals surface area contributed by atoms with E-state index in [9.17, 15) is 9.59 Å². The third kappa shape index (κ3) is 3.60. The molecule has 0 aromatic heterocycles. The van der Waals surface area contributed by atoms with Crippen LogP contribution in [0.15, 0.2) is 66.7 Å². The SMILES string of the molecule is COc1ccc2c(c1)[C@@]1(SCCN1C(=O)Nc1ccc(C)cc1)C(=O)N2Cc1ccccc1C. The molecule has 1 spiro atoms. The predicted octanol–water partition coefficient (Wildman–Crippen LogP) is 5.29. The Bertz CT molecular complexity index is 1260. The summed E-state index contributed by atoms with van der Waals surface area (Å²) < 4.78 is 5.49. The maximum atomic E-state index is 14.2. The number of carbonyl (C=O) groups excluding carboxylic acids is 2.